The Hall–Kier alpha value is -2.62. The molecule has 114 valence electrons. The lowest BCUT2D eigenvalue weighted by atomic mass is 10.1. The molecule has 0 unspecified atom stereocenters. The molecule has 2 amide bonds. The summed E-state index contributed by atoms with van der Waals surface area (Å²) in [4.78, 5) is 23.9. The molecule has 0 atom stereocenters. The summed E-state index contributed by atoms with van der Waals surface area (Å²) in [6, 6.07) is 15.0. The van der Waals surface area contributed by atoms with Crippen LogP contribution in [-0.2, 0) is 4.79 Å². The third-order valence-electron chi connectivity index (χ3n) is 3.33. The van der Waals surface area contributed by atoms with Crippen molar-refractivity contribution in [1.29, 1.82) is 0 Å². The predicted molar refractivity (Wildman–Crippen MR) is 87.9 cm³/mol. The van der Waals surface area contributed by atoms with Crippen LogP contribution in [0.5, 0.6) is 0 Å². The molecule has 0 heterocycles. The number of anilines is 1. The Morgan fingerprint density at radius 3 is 2.50 bits per heavy atom. The van der Waals surface area contributed by atoms with Crippen molar-refractivity contribution in [1.82, 2.24) is 5.32 Å². The predicted octanol–water partition coefficient (Wildman–Crippen LogP) is 3.06. The molecule has 2 rings (SSSR count). The van der Waals surface area contributed by atoms with E-state index in [9.17, 15) is 9.59 Å². The summed E-state index contributed by atoms with van der Waals surface area (Å²) >= 11 is 0. The molecule has 0 saturated heterocycles. The van der Waals surface area contributed by atoms with Crippen LogP contribution in [0.4, 0.5) is 5.69 Å². The van der Waals surface area contributed by atoms with Crippen molar-refractivity contribution in [3.05, 3.63) is 65.2 Å². The summed E-state index contributed by atoms with van der Waals surface area (Å²) in [5, 5.41) is 5.59. The van der Waals surface area contributed by atoms with Crippen LogP contribution in [-0.4, -0.2) is 18.4 Å². The molecule has 0 aromatic heterocycles. The topological polar surface area (TPSA) is 58.2 Å². The maximum Gasteiger partial charge on any atom is 0.251 e. The monoisotopic (exact) mass is 296 g/mol. The van der Waals surface area contributed by atoms with E-state index in [1.807, 2.05) is 56.3 Å². The first kappa shape index (κ1) is 15.8. The fourth-order valence-corrected chi connectivity index (χ4v) is 2.16. The number of benzene rings is 2. The average molecular weight is 296 g/mol. The van der Waals surface area contributed by atoms with Crippen molar-refractivity contribution in [3.8, 4) is 0 Å². The van der Waals surface area contributed by atoms with Gasteiger partial charge in [-0.1, -0.05) is 30.3 Å². The number of carbonyl (C=O) groups excluding carboxylic acids is 2. The van der Waals surface area contributed by atoms with Gasteiger partial charge in [-0.15, -0.1) is 0 Å². The lowest BCUT2D eigenvalue weighted by Crippen LogP contribution is -2.28. The Balaban J connectivity index is 1.80. The minimum atomic E-state index is -0.151. The Bertz CT molecular complexity index is 680. The summed E-state index contributed by atoms with van der Waals surface area (Å²) in [5.74, 6) is -0.267. The van der Waals surface area contributed by atoms with E-state index in [-0.39, 0.29) is 18.2 Å². The van der Waals surface area contributed by atoms with Crippen LogP contribution in [0.25, 0.3) is 0 Å². The smallest absolute Gasteiger partial charge is 0.251 e. The highest BCUT2D eigenvalue weighted by atomic mass is 16.2. The zero-order valence-electron chi connectivity index (χ0n) is 12.8. The standard InChI is InChI=1S/C18H20N2O2/c1-13-6-5-8-15(12-13)20-17(21)10-11-19-18(22)16-9-4-3-7-14(16)2/h3-9,12H,10-11H2,1-2H3,(H,19,22)(H,20,21). The largest absolute Gasteiger partial charge is 0.352 e. The highest BCUT2D eigenvalue weighted by molar-refractivity contribution is 5.96. The van der Waals surface area contributed by atoms with E-state index in [1.165, 1.54) is 0 Å². The van der Waals surface area contributed by atoms with Crippen molar-refractivity contribution >= 4 is 17.5 Å². The molecule has 4 heteroatoms. The fraction of sp³-hybridized carbons (Fsp3) is 0.222. The molecule has 0 spiro atoms. The molecule has 0 aliphatic rings. The van der Waals surface area contributed by atoms with Gasteiger partial charge in [-0.2, -0.15) is 0 Å². The Kier molecular flexibility index (Phi) is 5.31. The number of aryl methyl sites for hydroxylation is 2. The summed E-state index contributed by atoms with van der Waals surface area (Å²) in [5.41, 5.74) is 3.42. The molecule has 22 heavy (non-hydrogen) atoms. The molecular weight excluding hydrogens is 276 g/mol. The van der Waals surface area contributed by atoms with Gasteiger partial charge in [0.2, 0.25) is 5.91 Å². The maximum atomic E-state index is 12.0. The van der Waals surface area contributed by atoms with E-state index >= 15 is 0 Å². The molecule has 0 fully saturated rings. The van der Waals surface area contributed by atoms with Gasteiger partial charge in [0.05, 0.1) is 0 Å². The quantitative estimate of drug-likeness (QED) is 0.891. The molecule has 0 bridgehead atoms. The minimum Gasteiger partial charge on any atom is -0.352 e. The first-order chi connectivity index (χ1) is 10.6. The van der Waals surface area contributed by atoms with E-state index in [0.717, 1.165) is 16.8 Å². The minimum absolute atomic E-state index is 0.115. The first-order valence-corrected chi connectivity index (χ1v) is 7.26. The number of hydrogen-bond acceptors (Lipinski definition) is 2. The Labute approximate surface area is 130 Å². The second-order valence-electron chi connectivity index (χ2n) is 5.24. The van der Waals surface area contributed by atoms with Gasteiger partial charge in [0, 0.05) is 24.2 Å². The third kappa shape index (κ3) is 4.45. The lowest BCUT2D eigenvalue weighted by Gasteiger charge is -2.08. The molecule has 0 radical (unpaired) electrons. The van der Waals surface area contributed by atoms with Gasteiger partial charge in [-0.05, 0) is 43.2 Å². The van der Waals surface area contributed by atoms with Gasteiger partial charge in [0.15, 0.2) is 0 Å². The Morgan fingerprint density at radius 2 is 1.77 bits per heavy atom. The van der Waals surface area contributed by atoms with Crippen LogP contribution >= 0.6 is 0 Å². The van der Waals surface area contributed by atoms with Crippen molar-refractivity contribution < 1.29 is 9.59 Å². The summed E-state index contributed by atoms with van der Waals surface area (Å²) in [6.07, 6.45) is 0.242. The van der Waals surface area contributed by atoms with Gasteiger partial charge in [0.1, 0.15) is 0 Å². The highest BCUT2D eigenvalue weighted by Crippen LogP contribution is 2.10. The number of amides is 2. The Morgan fingerprint density at radius 1 is 1.00 bits per heavy atom. The van der Waals surface area contributed by atoms with Gasteiger partial charge in [-0.3, -0.25) is 9.59 Å². The van der Waals surface area contributed by atoms with Gasteiger partial charge < -0.3 is 10.6 Å². The van der Waals surface area contributed by atoms with E-state index in [4.69, 9.17) is 0 Å². The highest BCUT2D eigenvalue weighted by Gasteiger charge is 2.08. The molecule has 2 N–H and O–H groups in total. The SMILES string of the molecule is Cc1cccc(NC(=O)CCNC(=O)c2ccccc2C)c1. The third-order valence-corrected chi connectivity index (χ3v) is 3.33. The van der Waals surface area contributed by atoms with Gasteiger partial charge in [0.25, 0.3) is 5.91 Å². The van der Waals surface area contributed by atoms with Crippen molar-refractivity contribution in [2.24, 2.45) is 0 Å². The maximum absolute atomic E-state index is 12.0. The molecule has 0 aliphatic heterocycles. The molecule has 4 nitrogen and oxygen atoms in total. The second kappa shape index (κ2) is 7.41. The number of nitrogens with one attached hydrogen (secondary N) is 2. The van der Waals surface area contributed by atoms with E-state index in [2.05, 4.69) is 10.6 Å². The average Bonchev–Trinajstić information content (AvgIpc) is 2.47. The second-order valence-corrected chi connectivity index (χ2v) is 5.24. The van der Waals surface area contributed by atoms with Gasteiger partial charge in [-0.25, -0.2) is 0 Å². The fourth-order valence-electron chi connectivity index (χ4n) is 2.16. The van der Waals surface area contributed by atoms with Crippen molar-refractivity contribution in [3.63, 3.8) is 0 Å². The van der Waals surface area contributed by atoms with Crippen LogP contribution in [0.3, 0.4) is 0 Å². The lowest BCUT2D eigenvalue weighted by molar-refractivity contribution is -0.116. The van der Waals surface area contributed by atoms with Crippen LogP contribution in [0, 0.1) is 13.8 Å². The van der Waals surface area contributed by atoms with Crippen molar-refractivity contribution in [2.45, 2.75) is 20.3 Å². The van der Waals surface area contributed by atoms with Crippen LogP contribution < -0.4 is 10.6 Å². The van der Waals surface area contributed by atoms with Gasteiger partial charge >= 0.3 is 0 Å². The van der Waals surface area contributed by atoms with E-state index in [0.29, 0.717) is 12.1 Å². The van der Waals surface area contributed by atoms with Crippen molar-refractivity contribution in [2.75, 3.05) is 11.9 Å². The van der Waals surface area contributed by atoms with E-state index < -0.39 is 0 Å². The summed E-state index contributed by atoms with van der Waals surface area (Å²) in [7, 11) is 0. The molecule has 2 aromatic rings. The molecular formula is C18H20N2O2. The molecule has 0 saturated carbocycles. The van der Waals surface area contributed by atoms with Crippen LogP contribution in [0.1, 0.15) is 27.9 Å². The number of rotatable bonds is 5. The van der Waals surface area contributed by atoms with E-state index in [1.54, 1.807) is 6.07 Å². The summed E-state index contributed by atoms with van der Waals surface area (Å²) in [6.45, 7) is 4.17. The number of carbonyl (C=O) groups is 2. The molecule has 2 aromatic carbocycles. The normalized spacial score (nSPS) is 10.1. The van der Waals surface area contributed by atoms with Crippen LogP contribution in [0.2, 0.25) is 0 Å². The number of hydrogen-bond donors (Lipinski definition) is 2. The van der Waals surface area contributed by atoms with Crippen LogP contribution in [0.15, 0.2) is 48.5 Å². The zero-order valence-corrected chi connectivity index (χ0v) is 12.8. The first-order valence-electron chi connectivity index (χ1n) is 7.26. The zero-order chi connectivity index (χ0) is 15.9. The molecule has 0 aliphatic carbocycles. The summed E-state index contributed by atoms with van der Waals surface area (Å²) < 4.78 is 0.